The Kier molecular flexibility index (Phi) is 7.25. The standard InChI is InChI=1S/C24H33N3O4/c1-29-18-24(10-11-24)17-25-23(28)31-22-9-6-19-16-20(7-8-21(19)26-22)30-15-5-14-27-12-3-2-4-13-27/h6-9,16H,2-5,10-15,17-18H2,1H3,(H,25,28). The quantitative estimate of drug-likeness (QED) is 0.578. The van der Waals surface area contributed by atoms with Gasteiger partial charge < -0.3 is 24.4 Å². The zero-order valence-corrected chi connectivity index (χ0v) is 18.4. The molecule has 4 rings (SSSR count). The molecule has 1 aromatic heterocycles. The van der Waals surface area contributed by atoms with Gasteiger partial charge in [-0.15, -0.1) is 0 Å². The van der Waals surface area contributed by atoms with Crippen molar-refractivity contribution in [2.45, 2.75) is 38.5 Å². The molecule has 1 aliphatic carbocycles. The molecular formula is C24H33N3O4. The van der Waals surface area contributed by atoms with Gasteiger partial charge in [0.25, 0.3) is 0 Å². The molecule has 1 aromatic carbocycles. The highest BCUT2D eigenvalue weighted by Crippen LogP contribution is 2.45. The highest BCUT2D eigenvalue weighted by molar-refractivity contribution is 5.81. The first-order chi connectivity index (χ1) is 15.2. The van der Waals surface area contributed by atoms with Crippen LogP contribution in [0.1, 0.15) is 38.5 Å². The Bertz CT molecular complexity index is 878. The van der Waals surface area contributed by atoms with Crippen LogP contribution in [0.2, 0.25) is 0 Å². The minimum Gasteiger partial charge on any atom is -0.494 e. The second-order valence-electron chi connectivity index (χ2n) is 8.78. The third-order valence-electron chi connectivity index (χ3n) is 6.18. The molecule has 2 heterocycles. The molecule has 7 heteroatoms. The maximum absolute atomic E-state index is 12.1. The van der Waals surface area contributed by atoms with Crippen molar-refractivity contribution in [3.8, 4) is 11.6 Å². The lowest BCUT2D eigenvalue weighted by atomic mass is 10.1. The average molecular weight is 428 g/mol. The molecule has 0 atom stereocenters. The molecule has 1 saturated carbocycles. The summed E-state index contributed by atoms with van der Waals surface area (Å²) in [6, 6.07) is 9.41. The highest BCUT2D eigenvalue weighted by atomic mass is 16.6. The first-order valence-corrected chi connectivity index (χ1v) is 11.4. The van der Waals surface area contributed by atoms with E-state index in [1.54, 1.807) is 13.2 Å². The van der Waals surface area contributed by atoms with Crippen molar-refractivity contribution in [2.75, 3.05) is 46.5 Å². The van der Waals surface area contributed by atoms with Gasteiger partial charge in [0.05, 0.1) is 18.7 Å². The van der Waals surface area contributed by atoms with E-state index in [2.05, 4.69) is 15.2 Å². The Balaban J connectivity index is 1.24. The van der Waals surface area contributed by atoms with Crippen LogP contribution in [0.25, 0.3) is 10.9 Å². The minimum absolute atomic E-state index is 0.0781. The number of methoxy groups -OCH3 is 1. The van der Waals surface area contributed by atoms with E-state index in [1.165, 1.54) is 32.4 Å². The molecule has 31 heavy (non-hydrogen) atoms. The molecule has 1 saturated heterocycles. The van der Waals surface area contributed by atoms with Crippen molar-refractivity contribution in [3.05, 3.63) is 30.3 Å². The molecule has 0 unspecified atom stereocenters. The molecule has 0 radical (unpaired) electrons. The molecule has 168 valence electrons. The molecule has 7 nitrogen and oxygen atoms in total. The summed E-state index contributed by atoms with van der Waals surface area (Å²) in [5, 5.41) is 3.78. The van der Waals surface area contributed by atoms with Crippen molar-refractivity contribution >= 4 is 17.0 Å². The number of hydrogen-bond donors (Lipinski definition) is 1. The number of likely N-dealkylation sites (tertiary alicyclic amines) is 1. The molecule has 1 N–H and O–H groups in total. The lowest BCUT2D eigenvalue weighted by molar-refractivity contribution is 0.137. The van der Waals surface area contributed by atoms with E-state index >= 15 is 0 Å². The lowest BCUT2D eigenvalue weighted by Crippen LogP contribution is -2.34. The number of nitrogens with zero attached hydrogens (tertiary/aromatic N) is 2. The Morgan fingerprint density at radius 2 is 2.00 bits per heavy atom. The number of ether oxygens (including phenoxy) is 3. The molecule has 1 aliphatic heterocycles. The summed E-state index contributed by atoms with van der Waals surface area (Å²) >= 11 is 0. The fourth-order valence-corrected chi connectivity index (χ4v) is 4.14. The number of hydrogen-bond acceptors (Lipinski definition) is 6. The van der Waals surface area contributed by atoms with E-state index < -0.39 is 6.09 Å². The van der Waals surface area contributed by atoms with Crippen LogP contribution in [0.3, 0.4) is 0 Å². The maximum Gasteiger partial charge on any atom is 0.413 e. The predicted octanol–water partition coefficient (Wildman–Crippen LogP) is 4.00. The number of piperidine rings is 1. The van der Waals surface area contributed by atoms with Gasteiger partial charge in [0, 0.05) is 37.1 Å². The average Bonchev–Trinajstić information content (AvgIpc) is 3.56. The number of benzene rings is 1. The van der Waals surface area contributed by atoms with Gasteiger partial charge in [-0.2, -0.15) is 0 Å². The SMILES string of the molecule is COCC1(CNC(=O)Oc2ccc3cc(OCCCN4CCCCC4)ccc3n2)CC1. The van der Waals surface area contributed by atoms with Gasteiger partial charge >= 0.3 is 6.09 Å². The predicted molar refractivity (Wildman–Crippen MR) is 120 cm³/mol. The number of carbonyl (C=O) groups is 1. The number of nitrogens with one attached hydrogen (secondary N) is 1. The molecule has 2 fully saturated rings. The van der Waals surface area contributed by atoms with E-state index in [9.17, 15) is 4.79 Å². The maximum atomic E-state index is 12.1. The van der Waals surface area contributed by atoms with Gasteiger partial charge in [0.15, 0.2) is 0 Å². The Hall–Kier alpha value is -2.38. The van der Waals surface area contributed by atoms with Crippen LogP contribution in [-0.2, 0) is 4.74 Å². The first kappa shape index (κ1) is 21.8. The summed E-state index contributed by atoms with van der Waals surface area (Å²) in [5.41, 5.74) is 0.846. The molecule has 0 bridgehead atoms. The number of rotatable bonds is 10. The zero-order valence-electron chi connectivity index (χ0n) is 18.4. The van der Waals surface area contributed by atoms with Gasteiger partial charge in [-0.1, -0.05) is 6.42 Å². The number of pyridine rings is 1. The van der Waals surface area contributed by atoms with Crippen LogP contribution < -0.4 is 14.8 Å². The van der Waals surface area contributed by atoms with Gasteiger partial charge in [0.1, 0.15) is 5.75 Å². The van der Waals surface area contributed by atoms with Crippen LogP contribution in [-0.4, -0.2) is 62.5 Å². The van der Waals surface area contributed by atoms with E-state index in [4.69, 9.17) is 14.2 Å². The minimum atomic E-state index is -0.483. The molecular weight excluding hydrogens is 394 g/mol. The van der Waals surface area contributed by atoms with Crippen molar-refractivity contribution in [2.24, 2.45) is 5.41 Å². The van der Waals surface area contributed by atoms with E-state index in [-0.39, 0.29) is 11.3 Å². The number of fused-ring (bicyclic) bond motifs is 1. The number of carbonyl (C=O) groups excluding carboxylic acids is 1. The molecule has 2 aromatic rings. The monoisotopic (exact) mass is 427 g/mol. The Morgan fingerprint density at radius 1 is 1.16 bits per heavy atom. The number of aromatic nitrogens is 1. The van der Waals surface area contributed by atoms with Gasteiger partial charge in [0.2, 0.25) is 5.88 Å². The van der Waals surface area contributed by atoms with E-state index in [0.29, 0.717) is 19.8 Å². The largest absolute Gasteiger partial charge is 0.494 e. The van der Waals surface area contributed by atoms with Crippen LogP contribution in [0.15, 0.2) is 30.3 Å². The third kappa shape index (κ3) is 6.31. The van der Waals surface area contributed by atoms with Crippen LogP contribution in [0.5, 0.6) is 11.6 Å². The summed E-state index contributed by atoms with van der Waals surface area (Å²) < 4.78 is 16.5. The Labute approximate surface area is 184 Å². The van der Waals surface area contributed by atoms with E-state index in [1.807, 2.05) is 24.3 Å². The molecule has 2 aliphatic rings. The van der Waals surface area contributed by atoms with Crippen molar-refractivity contribution < 1.29 is 19.0 Å². The van der Waals surface area contributed by atoms with Gasteiger partial charge in [-0.3, -0.25) is 0 Å². The van der Waals surface area contributed by atoms with E-state index in [0.717, 1.165) is 42.5 Å². The highest BCUT2D eigenvalue weighted by Gasteiger charge is 2.42. The third-order valence-corrected chi connectivity index (χ3v) is 6.18. The molecule has 0 spiro atoms. The van der Waals surface area contributed by atoms with Crippen LogP contribution >= 0.6 is 0 Å². The second kappa shape index (κ2) is 10.3. The summed E-state index contributed by atoms with van der Waals surface area (Å²) in [4.78, 5) is 19.1. The Morgan fingerprint density at radius 3 is 2.77 bits per heavy atom. The fraction of sp³-hybridized carbons (Fsp3) is 0.583. The van der Waals surface area contributed by atoms with Crippen LogP contribution in [0, 0.1) is 5.41 Å². The summed E-state index contributed by atoms with van der Waals surface area (Å²) in [7, 11) is 1.68. The molecule has 1 amide bonds. The van der Waals surface area contributed by atoms with Crippen molar-refractivity contribution in [1.82, 2.24) is 15.2 Å². The normalized spacial score (nSPS) is 18.0. The summed E-state index contributed by atoms with van der Waals surface area (Å²) in [6.07, 6.45) is 6.69. The van der Waals surface area contributed by atoms with Crippen molar-refractivity contribution in [3.63, 3.8) is 0 Å². The zero-order chi connectivity index (χ0) is 21.5. The van der Waals surface area contributed by atoms with Crippen LogP contribution in [0.4, 0.5) is 4.79 Å². The topological polar surface area (TPSA) is 72.9 Å². The van der Waals surface area contributed by atoms with Gasteiger partial charge in [-0.05, 0) is 69.5 Å². The van der Waals surface area contributed by atoms with Crippen molar-refractivity contribution in [1.29, 1.82) is 0 Å². The smallest absolute Gasteiger partial charge is 0.413 e. The summed E-state index contributed by atoms with van der Waals surface area (Å²) in [5.74, 6) is 1.13. The lowest BCUT2D eigenvalue weighted by Gasteiger charge is -2.26. The summed E-state index contributed by atoms with van der Waals surface area (Å²) in [6.45, 7) is 5.47. The number of amides is 1. The van der Waals surface area contributed by atoms with Gasteiger partial charge in [-0.25, -0.2) is 9.78 Å². The fourth-order valence-electron chi connectivity index (χ4n) is 4.14. The first-order valence-electron chi connectivity index (χ1n) is 11.4. The second-order valence-corrected chi connectivity index (χ2v) is 8.78.